The highest BCUT2D eigenvalue weighted by Crippen LogP contribution is 2.25. The lowest BCUT2D eigenvalue weighted by molar-refractivity contribution is 0.0980. The first-order valence-corrected chi connectivity index (χ1v) is 9.16. The minimum atomic E-state index is -0.196. The second-order valence-corrected chi connectivity index (χ2v) is 7.13. The van der Waals surface area contributed by atoms with E-state index in [-0.39, 0.29) is 12.1 Å². The predicted octanol–water partition coefficient (Wildman–Crippen LogP) is 4.48. The molecule has 138 valence electrons. The lowest BCUT2D eigenvalue weighted by Crippen LogP contribution is -2.46. The van der Waals surface area contributed by atoms with Gasteiger partial charge in [-0.25, -0.2) is 14.8 Å². The summed E-state index contributed by atoms with van der Waals surface area (Å²) in [4.78, 5) is 22.9. The summed E-state index contributed by atoms with van der Waals surface area (Å²) >= 11 is 11.9. The van der Waals surface area contributed by atoms with E-state index in [2.05, 4.69) is 15.3 Å². The summed E-state index contributed by atoms with van der Waals surface area (Å²) in [6, 6.07) is 7.05. The minimum absolute atomic E-state index is 0.135. The van der Waals surface area contributed by atoms with E-state index in [0.29, 0.717) is 34.8 Å². The molecule has 1 saturated heterocycles. The van der Waals surface area contributed by atoms with E-state index < -0.39 is 0 Å². The van der Waals surface area contributed by atoms with E-state index in [1.807, 2.05) is 19.9 Å². The molecule has 1 aromatic heterocycles. The third kappa shape index (κ3) is 4.77. The number of rotatable bonds is 3. The largest absolute Gasteiger partial charge is 0.458 e. The van der Waals surface area contributed by atoms with Gasteiger partial charge in [-0.15, -0.1) is 0 Å². The summed E-state index contributed by atoms with van der Waals surface area (Å²) in [6.07, 6.45) is 1.57. The number of carbonyl (C=O) groups is 1. The molecule has 1 aliphatic rings. The molecule has 1 N–H and O–H groups in total. The van der Waals surface area contributed by atoms with Crippen molar-refractivity contribution in [2.24, 2.45) is 0 Å². The number of likely N-dealkylation sites (tertiary alicyclic amines) is 1. The van der Waals surface area contributed by atoms with Gasteiger partial charge < -0.3 is 15.0 Å². The number of benzene rings is 1. The number of hydrogen-bond acceptors (Lipinski definition) is 4. The number of aryl methyl sites for hydroxylation is 2. The number of carbonyl (C=O) groups excluding carboxylic acids is 1. The van der Waals surface area contributed by atoms with Crippen LogP contribution in [0.15, 0.2) is 24.3 Å². The molecule has 6 nitrogen and oxygen atoms in total. The quantitative estimate of drug-likeness (QED) is 0.833. The zero-order chi connectivity index (χ0) is 18.7. The third-order valence-electron chi connectivity index (χ3n) is 4.07. The van der Waals surface area contributed by atoms with Crippen LogP contribution in [-0.2, 0) is 0 Å². The van der Waals surface area contributed by atoms with Gasteiger partial charge in [-0.05, 0) is 51.0 Å². The molecule has 8 heteroatoms. The Morgan fingerprint density at radius 3 is 2.62 bits per heavy atom. The van der Waals surface area contributed by atoms with E-state index in [4.69, 9.17) is 27.9 Å². The Kier molecular flexibility index (Phi) is 5.84. The number of amides is 2. The second kappa shape index (κ2) is 8.10. The van der Waals surface area contributed by atoms with Gasteiger partial charge in [-0.3, -0.25) is 0 Å². The van der Waals surface area contributed by atoms with Crippen molar-refractivity contribution in [2.45, 2.75) is 32.8 Å². The number of hydrogen-bond donors (Lipinski definition) is 1. The van der Waals surface area contributed by atoms with E-state index >= 15 is 0 Å². The van der Waals surface area contributed by atoms with Gasteiger partial charge in [0.2, 0.25) is 0 Å². The maximum Gasteiger partial charge on any atom is 0.321 e. The Bertz CT molecular complexity index is 796. The van der Waals surface area contributed by atoms with E-state index in [1.165, 1.54) is 0 Å². The minimum Gasteiger partial charge on any atom is -0.458 e. The molecule has 26 heavy (non-hydrogen) atoms. The van der Waals surface area contributed by atoms with E-state index in [9.17, 15) is 4.79 Å². The number of piperidine rings is 1. The first-order chi connectivity index (χ1) is 12.4. The normalized spacial score (nSPS) is 17.1. The number of nitrogens with zero attached hydrogens (tertiary/aromatic N) is 3. The molecule has 1 atom stereocenters. The standard InChI is InChI=1S/C18H20Cl2N4O2/c1-11-8-12(2)22-17(21-11)26-14-4-3-7-24(10-14)18(25)23-13-5-6-15(19)16(20)9-13/h5-6,8-9,14H,3-4,7,10H2,1-2H3,(H,23,25). The second-order valence-electron chi connectivity index (χ2n) is 6.32. The fraction of sp³-hybridized carbons (Fsp3) is 0.389. The first-order valence-electron chi connectivity index (χ1n) is 8.40. The Hall–Kier alpha value is -2.05. The van der Waals surface area contributed by atoms with Crippen LogP contribution in [0.5, 0.6) is 6.01 Å². The molecule has 2 aromatic rings. The van der Waals surface area contributed by atoms with Gasteiger partial charge in [0, 0.05) is 23.6 Å². The number of halogens is 2. The van der Waals surface area contributed by atoms with Crippen molar-refractivity contribution in [1.29, 1.82) is 0 Å². The fourth-order valence-electron chi connectivity index (χ4n) is 2.89. The maximum absolute atomic E-state index is 12.5. The molecule has 2 amide bonds. The summed E-state index contributed by atoms with van der Waals surface area (Å²) in [6.45, 7) is 4.95. The highest BCUT2D eigenvalue weighted by Gasteiger charge is 2.26. The number of urea groups is 1. The number of aromatic nitrogens is 2. The molecule has 0 radical (unpaired) electrons. The van der Waals surface area contributed by atoms with Crippen LogP contribution in [-0.4, -0.2) is 40.1 Å². The van der Waals surface area contributed by atoms with Crippen LogP contribution < -0.4 is 10.1 Å². The van der Waals surface area contributed by atoms with Crippen LogP contribution in [0.25, 0.3) is 0 Å². The molecule has 1 fully saturated rings. The molecule has 1 unspecified atom stereocenters. The van der Waals surface area contributed by atoms with Crippen molar-refractivity contribution < 1.29 is 9.53 Å². The van der Waals surface area contributed by atoms with Crippen molar-refractivity contribution in [1.82, 2.24) is 14.9 Å². The number of nitrogens with one attached hydrogen (secondary N) is 1. The van der Waals surface area contributed by atoms with E-state index in [0.717, 1.165) is 24.2 Å². The zero-order valence-corrected chi connectivity index (χ0v) is 16.1. The van der Waals surface area contributed by atoms with Crippen molar-refractivity contribution >= 4 is 34.9 Å². The average Bonchev–Trinajstić information content (AvgIpc) is 2.57. The van der Waals surface area contributed by atoms with Gasteiger partial charge in [0.05, 0.1) is 16.6 Å². The number of anilines is 1. The highest BCUT2D eigenvalue weighted by molar-refractivity contribution is 6.42. The smallest absolute Gasteiger partial charge is 0.321 e. The van der Waals surface area contributed by atoms with Gasteiger partial charge >= 0.3 is 12.0 Å². The molecule has 3 rings (SSSR count). The summed E-state index contributed by atoms with van der Waals surface area (Å²) in [5.41, 5.74) is 2.32. The van der Waals surface area contributed by atoms with Gasteiger partial charge in [-0.1, -0.05) is 23.2 Å². The lowest BCUT2D eigenvalue weighted by Gasteiger charge is -2.32. The van der Waals surface area contributed by atoms with Crippen LogP contribution >= 0.6 is 23.2 Å². The summed E-state index contributed by atoms with van der Waals surface area (Å²) < 4.78 is 5.90. The van der Waals surface area contributed by atoms with Crippen molar-refractivity contribution in [3.05, 3.63) is 45.7 Å². The Balaban J connectivity index is 1.62. The Morgan fingerprint density at radius 1 is 1.19 bits per heavy atom. The summed E-state index contributed by atoms with van der Waals surface area (Å²) in [5, 5.41) is 3.69. The van der Waals surface area contributed by atoms with Gasteiger partial charge in [0.15, 0.2) is 0 Å². The van der Waals surface area contributed by atoms with Crippen molar-refractivity contribution in [3.8, 4) is 6.01 Å². The molecule has 0 spiro atoms. The van der Waals surface area contributed by atoms with Crippen LogP contribution in [0.4, 0.5) is 10.5 Å². The SMILES string of the molecule is Cc1cc(C)nc(OC2CCCN(C(=O)Nc3ccc(Cl)c(Cl)c3)C2)n1. The first kappa shape index (κ1) is 18.7. The molecular formula is C18H20Cl2N4O2. The lowest BCUT2D eigenvalue weighted by atomic mass is 10.1. The molecule has 0 aliphatic carbocycles. The van der Waals surface area contributed by atoms with Crippen LogP contribution in [0, 0.1) is 13.8 Å². The molecular weight excluding hydrogens is 375 g/mol. The van der Waals surface area contributed by atoms with Gasteiger partial charge in [0.25, 0.3) is 0 Å². The molecule has 0 saturated carbocycles. The predicted molar refractivity (Wildman–Crippen MR) is 102 cm³/mol. The molecule has 2 heterocycles. The monoisotopic (exact) mass is 394 g/mol. The van der Waals surface area contributed by atoms with Crippen LogP contribution in [0.1, 0.15) is 24.2 Å². The maximum atomic E-state index is 12.5. The zero-order valence-electron chi connectivity index (χ0n) is 14.6. The summed E-state index contributed by atoms with van der Waals surface area (Å²) in [7, 11) is 0. The van der Waals surface area contributed by atoms with Crippen LogP contribution in [0.3, 0.4) is 0 Å². The van der Waals surface area contributed by atoms with Crippen LogP contribution in [0.2, 0.25) is 10.0 Å². The Labute approximate surface area is 162 Å². The molecule has 0 bridgehead atoms. The summed E-state index contributed by atoms with van der Waals surface area (Å²) in [5.74, 6) is 0. The fourth-order valence-corrected chi connectivity index (χ4v) is 3.19. The van der Waals surface area contributed by atoms with Gasteiger partial charge in [-0.2, -0.15) is 0 Å². The van der Waals surface area contributed by atoms with E-state index in [1.54, 1.807) is 23.1 Å². The Morgan fingerprint density at radius 2 is 1.92 bits per heavy atom. The average molecular weight is 395 g/mol. The topological polar surface area (TPSA) is 67.3 Å². The van der Waals surface area contributed by atoms with Crippen molar-refractivity contribution in [3.63, 3.8) is 0 Å². The molecule has 1 aromatic carbocycles. The third-order valence-corrected chi connectivity index (χ3v) is 4.81. The van der Waals surface area contributed by atoms with Gasteiger partial charge in [0.1, 0.15) is 6.10 Å². The number of ether oxygens (including phenoxy) is 1. The van der Waals surface area contributed by atoms with Crippen molar-refractivity contribution in [2.75, 3.05) is 18.4 Å². The molecule has 1 aliphatic heterocycles. The highest BCUT2D eigenvalue weighted by atomic mass is 35.5.